The Hall–Kier alpha value is -9.38. The Morgan fingerprint density at radius 3 is 1.66 bits per heavy atom. The van der Waals surface area contributed by atoms with E-state index in [1.54, 1.807) is 0 Å². The molecule has 3 aromatic heterocycles. The third kappa shape index (κ3) is 5.83. The van der Waals surface area contributed by atoms with Crippen LogP contribution in [0.5, 0.6) is 0 Å². The predicted molar refractivity (Wildman–Crippen MR) is 328 cm³/mol. The van der Waals surface area contributed by atoms with Gasteiger partial charge in [-0.3, -0.25) is 0 Å². The Morgan fingerprint density at radius 1 is 0.354 bits per heavy atom. The van der Waals surface area contributed by atoms with Crippen molar-refractivity contribution in [1.82, 2.24) is 4.57 Å². The van der Waals surface area contributed by atoms with E-state index in [1.165, 1.54) is 99.2 Å². The number of hydrogen-bond acceptors (Lipinski definition) is 3. The summed E-state index contributed by atoms with van der Waals surface area (Å²) in [7, 11) is 0. The fraction of sp³-hybridized carbons (Fsp3) is 0.120. The Balaban J connectivity index is 0.899. The van der Waals surface area contributed by atoms with Gasteiger partial charge in [-0.1, -0.05) is 175 Å². The minimum absolute atomic E-state index is 0.202. The quantitative estimate of drug-likeness (QED) is 0.172. The second kappa shape index (κ2) is 15.4. The van der Waals surface area contributed by atoms with Crippen molar-refractivity contribution in [3.05, 3.63) is 252 Å². The SMILES string of the molecule is CC1(C)c2cc(N(c3ccc4c(c3)C(C)(C)c3cc(-c5ccccc5)c5oc6ccccc6c5c3-4)c3cccc4c5ccccc5n(-c5ccccc5)c34)ccc2-c2cc3c(cc21)-c1c(ccc2oc4ccccc4c12)C3(C)C. The molecule has 3 aliphatic carbocycles. The van der Waals surface area contributed by atoms with Crippen LogP contribution >= 0.6 is 0 Å². The maximum atomic E-state index is 6.88. The van der Waals surface area contributed by atoms with Crippen LogP contribution in [0, 0.1) is 0 Å². The molecular formula is C75H54N2O2. The minimum Gasteiger partial charge on any atom is -0.456 e. The highest BCUT2D eigenvalue weighted by molar-refractivity contribution is 6.20. The zero-order valence-corrected chi connectivity index (χ0v) is 45.0. The number of hydrogen-bond donors (Lipinski definition) is 0. The second-order valence-corrected chi connectivity index (χ2v) is 23.9. The number of rotatable bonds is 5. The lowest BCUT2D eigenvalue weighted by Crippen LogP contribution is -2.18. The topological polar surface area (TPSA) is 34.5 Å². The van der Waals surface area contributed by atoms with E-state index in [2.05, 4.69) is 269 Å². The van der Waals surface area contributed by atoms with Gasteiger partial charge in [0.15, 0.2) is 0 Å². The van der Waals surface area contributed by atoms with Gasteiger partial charge in [0.05, 0.1) is 16.7 Å². The van der Waals surface area contributed by atoms with Crippen LogP contribution in [0.1, 0.15) is 74.9 Å². The molecule has 0 saturated heterocycles. The molecule has 376 valence electrons. The highest BCUT2D eigenvalue weighted by Gasteiger charge is 2.44. The van der Waals surface area contributed by atoms with E-state index in [1.807, 2.05) is 0 Å². The molecule has 11 aromatic carbocycles. The molecule has 0 unspecified atom stereocenters. The van der Waals surface area contributed by atoms with E-state index in [4.69, 9.17) is 8.83 Å². The van der Waals surface area contributed by atoms with Crippen LogP contribution in [0.25, 0.3) is 116 Å². The van der Waals surface area contributed by atoms with Gasteiger partial charge in [0.1, 0.15) is 22.3 Å². The monoisotopic (exact) mass is 1010 g/mol. The highest BCUT2D eigenvalue weighted by atomic mass is 16.3. The van der Waals surface area contributed by atoms with Crippen molar-refractivity contribution in [2.45, 2.75) is 57.8 Å². The van der Waals surface area contributed by atoms with E-state index in [0.29, 0.717) is 0 Å². The molecule has 4 heteroatoms. The second-order valence-electron chi connectivity index (χ2n) is 23.9. The molecule has 0 spiro atoms. The average Bonchev–Trinajstić information content (AvgIpc) is 4.45. The molecule has 0 saturated carbocycles. The number of nitrogens with zero attached hydrogens (tertiary/aromatic N) is 2. The van der Waals surface area contributed by atoms with E-state index in [-0.39, 0.29) is 16.2 Å². The molecule has 17 rings (SSSR count). The molecule has 0 fully saturated rings. The molecular weight excluding hydrogens is 961 g/mol. The van der Waals surface area contributed by atoms with E-state index >= 15 is 0 Å². The standard InChI is InChI=1S/C75H54N2O2/c1-73(2)56-36-37-66-69(51-25-14-17-30-64(51)78-66)68(56)55-42-59-54(41-60(55)73)47-34-32-45(38-57(47)74(59,3)4)76(63-29-19-27-49-48-24-13-16-28-62(48)77(71(49)63)44-22-11-8-12-23-44)46-33-35-50-58(39-46)75(5,6)61-40-53(43-20-9-7-10-21-43)72-70(67(50)61)52-26-15-18-31-65(52)79-72/h7-42H,1-6H3. The van der Waals surface area contributed by atoms with E-state index in [0.717, 1.165) is 67.1 Å². The Morgan fingerprint density at radius 2 is 0.899 bits per heavy atom. The zero-order chi connectivity index (χ0) is 52.8. The van der Waals surface area contributed by atoms with Crippen LogP contribution in [0.3, 0.4) is 0 Å². The van der Waals surface area contributed by atoms with Crippen molar-refractivity contribution >= 4 is 82.7 Å². The van der Waals surface area contributed by atoms with Crippen LogP contribution in [0.4, 0.5) is 17.1 Å². The van der Waals surface area contributed by atoms with Gasteiger partial charge >= 0.3 is 0 Å². The van der Waals surface area contributed by atoms with Crippen molar-refractivity contribution in [2.24, 2.45) is 0 Å². The smallest absolute Gasteiger partial charge is 0.143 e. The number of fused-ring (bicyclic) bond motifs is 20. The fourth-order valence-corrected chi connectivity index (χ4v) is 14.9. The molecule has 3 aliphatic rings. The number of para-hydroxylation sites is 5. The van der Waals surface area contributed by atoms with Gasteiger partial charge in [0.2, 0.25) is 0 Å². The Bertz CT molecular complexity index is 4980. The minimum atomic E-state index is -0.351. The van der Waals surface area contributed by atoms with Gasteiger partial charge in [-0.25, -0.2) is 0 Å². The molecule has 0 N–H and O–H groups in total. The molecule has 14 aromatic rings. The first-order valence-corrected chi connectivity index (χ1v) is 27.8. The number of anilines is 3. The predicted octanol–water partition coefficient (Wildman–Crippen LogP) is 20.6. The lowest BCUT2D eigenvalue weighted by Gasteiger charge is -2.30. The summed E-state index contributed by atoms with van der Waals surface area (Å²) >= 11 is 0. The van der Waals surface area contributed by atoms with E-state index < -0.39 is 0 Å². The Labute approximate surface area is 458 Å². The molecule has 0 bridgehead atoms. The summed E-state index contributed by atoms with van der Waals surface area (Å²) in [5.74, 6) is 0. The van der Waals surface area contributed by atoms with E-state index in [9.17, 15) is 0 Å². The maximum Gasteiger partial charge on any atom is 0.143 e. The van der Waals surface area contributed by atoms with Crippen LogP contribution < -0.4 is 4.90 Å². The Kier molecular flexibility index (Phi) is 8.73. The van der Waals surface area contributed by atoms with Crippen molar-refractivity contribution in [3.8, 4) is 50.2 Å². The van der Waals surface area contributed by atoms with Gasteiger partial charge in [-0.05, 0) is 157 Å². The molecule has 0 atom stereocenters. The summed E-state index contributed by atoms with van der Waals surface area (Å²) < 4.78 is 15.9. The fourth-order valence-electron chi connectivity index (χ4n) is 14.9. The largest absolute Gasteiger partial charge is 0.456 e. The third-order valence-electron chi connectivity index (χ3n) is 18.8. The first kappa shape index (κ1) is 44.7. The van der Waals surface area contributed by atoms with Crippen LogP contribution in [-0.4, -0.2) is 4.57 Å². The molecule has 3 heterocycles. The van der Waals surface area contributed by atoms with Crippen LogP contribution in [0.15, 0.2) is 227 Å². The number of benzene rings is 11. The number of aromatic nitrogens is 1. The van der Waals surface area contributed by atoms with Crippen molar-refractivity contribution in [1.29, 1.82) is 0 Å². The lowest BCUT2D eigenvalue weighted by molar-refractivity contribution is 0.651. The molecule has 79 heavy (non-hydrogen) atoms. The summed E-state index contributed by atoms with van der Waals surface area (Å²) in [6.07, 6.45) is 0. The average molecular weight is 1020 g/mol. The summed E-state index contributed by atoms with van der Waals surface area (Å²) in [6, 6.07) is 81.0. The van der Waals surface area contributed by atoms with Gasteiger partial charge in [0.25, 0.3) is 0 Å². The van der Waals surface area contributed by atoms with Gasteiger partial charge in [0, 0.05) is 71.2 Å². The summed E-state index contributed by atoms with van der Waals surface area (Å²) in [6.45, 7) is 14.5. The lowest BCUT2D eigenvalue weighted by atomic mass is 9.79. The first-order valence-electron chi connectivity index (χ1n) is 27.8. The van der Waals surface area contributed by atoms with Gasteiger partial charge < -0.3 is 18.3 Å². The zero-order valence-electron chi connectivity index (χ0n) is 45.0. The summed E-state index contributed by atoms with van der Waals surface area (Å²) in [4.78, 5) is 2.55. The number of furan rings is 2. The van der Waals surface area contributed by atoms with Gasteiger partial charge in [-0.15, -0.1) is 0 Å². The van der Waals surface area contributed by atoms with Gasteiger partial charge in [-0.2, -0.15) is 0 Å². The van der Waals surface area contributed by atoms with Crippen molar-refractivity contribution < 1.29 is 8.83 Å². The van der Waals surface area contributed by atoms with Crippen LogP contribution in [-0.2, 0) is 16.2 Å². The summed E-state index contributed by atoms with van der Waals surface area (Å²) in [5.41, 5.74) is 27.7. The van der Waals surface area contributed by atoms with Crippen molar-refractivity contribution in [3.63, 3.8) is 0 Å². The molecule has 0 aliphatic heterocycles. The molecule has 0 radical (unpaired) electrons. The first-order chi connectivity index (χ1) is 38.5. The molecule has 0 amide bonds. The van der Waals surface area contributed by atoms with Crippen LogP contribution in [0.2, 0.25) is 0 Å². The maximum absolute atomic E-state index is 6.88. The highest BCUT2D eigenvalue weighted by Crippen LogP contribution is 2.60. The van der Waals surface area contributed by atoms with Crippen molar-refractivity contribution in [2.75, 3.05) is 4.90 Å². The molecule has 4 nitrogen and oxygen atoms in total. The summed E-state index contributed by atoms with van der Waals surface area (Å²) in [5, 5.41) is 7.15. The normalized spacial score (nSPS) is 15.0. The third-order valence-corrected chi connectivity index (χ3v) is 18.8.